The Morgan fingerprint density at radius 1 is 1.17 bits per heavy atom. The largest absolute Gasteiger partial charge is 0.478 e. The van der Waals surface area contributed by atoms with Crippen LogP contribution in [0.5, 0.6) is 0 Å². The summed E-state index contributed by atoms with van der Waals surface area (Å²) in [5, 5.41) is 24.0. The van der Waals surface area contributed by atoms with Crippen LogP contribution < -0.4 is 5.43 Å². The van der Waals surface area contributed by atoms with Crippen molar-refractivity contribution >= 4 is 23.8 Å². The van der Waals surface area contributed by atoms with E-state index in [1.165, 1.54) is 30.5 Å². The molecular formula is C21H17N3O6. The highest BCUT2D eigenvalue weighted by Gasteiger charge is 2.15. The summed E-state index contributed by atoms with van der Waals surface area (Å²) in [6.07, 6.45) is 1.09. The van der Waals surface area contributed by atoms with Crippen molar-refractivity contribution in [1.29, 1.82) is 0 Å². The van der Waals surface area contributed by atoms with Crippen LogP contribution in [0.4, 0.5) is 5.69 Å². The number of nitrogens with zero attached hydrogens (tertiary/aromatic N) is 2. The third-order valence-corrected chi connectivity index (χ3v) is 4.38. The van der Waals surface area contributed by atoms with Crippen molar-refractivity contribution in [2.75, 3.05) is 0 Å². The molecule has 9 nitrogen and oxygen atoms in total. The monoisotopic (exact) mass is 407 g/mol. The van der Waals surface area contributed by atoms with Gasteiger partial charge in [-0.2, -0.15) is 5.10 Å². The number of hydrogen-bond donors (Lipinski definition) is 2. The number of carbonyl (C=O) groups is 2. The molecule has 1 amide bonds. The minimum Gasteiger partial charge on any atom is -0.478 e. The Balaban J connectivity index is 1.67. The summed E-state index contributed by atoms with van der Waals surface area (Å²) in [5.74, 6) is -0.735. The van der Waals surface area contributed by atoms with Gasteiger partial charge in [0.2, 0.25) is 5.91 Å². The minimum absolute atomic E-state index is 0.133. The van der Waals surface area contributed by atoms with Gasteiger partial charge in [-0.3, -0.25) is 14.9 Å². The zero-order valence-electron chi connectivity index (χ0n) is 15.9. The van der Waals surface area contributed by atoms with Gasteiger partial charge >= 0.3 is 5.97 Å². The predicted molar refractivity (Wildman–Crippen MR) is 108 cm³/mol. The first kappa shape index (κ1) is 20.5. The number of carboxylic acids is 1. The van der Waals surface area contributed by atoms with Crippen LogP contribution in [0.2, 0.25) is 0 Å². The van der Waals surface area contributed by atoms with Gasteiger partial charge in [0.15, 0.2) is 0 Å². The van der Waals surface area contributed by atoms with Gasteiger partial charge in [-0.05, 0) is 30.7 Å². The Morgan fingerprint density at radius 2 is 1.93 bits per heavy atom. The Bertz CT molecular complexity index is 1150. The maximum atomic E-state index is 12.0. The number of carboxylic acid groups (broad SMARTS) is 1. The molecule has 0 unspecified atom stereocenters. The number of para-hydroxylation sites is 1. The van der Waals surface area contributed by atoms with E-state index >= 15 is 0 Å². The number of carbonyl (C=O) groups excluding carboxylic acids is 1. The van der Waals surface area contributed by atoms with Crippen molar-refractivity contribution in [1.82, 2.24) is 5.43 Å². The van der Waals surface area contributed by atoms with Gasteiger partial charge in [0.05, 0.1) is 23.1 Å². The number of hydrogen-bond acceptors (Lipinski definition) is 6. The first-order chi connectivity index (χ1) is 14.4. The molecule has 152 valence electrons. The summed E-state index contributed by atoms with van der Waals surface area (Å²) in [5.41, 5.74) is 3.84. The molecule has 0 radical (unpaired) electrons. The topological polar surface area (TPSA) is 135 Å². The molecule has 0 saturated heterocycles. The van der Waals surface area contributed by atoms with Crippen molar-refractivity contribution in [3.8, 4) is 11.3 Å². The van der Waals surface area contributed by atoms with Crippen LogP contribution in [0.1, 0.15) is 27.2 Å². The summed E-state index contributed by atoms with van der Waals surface area (Å²) in [6.45, 7) is 1.69. The Kier molecular flexibility index (Phi) is 6.02. The third kappa shape index (κ3) is 4.58. The van der Waals surface area contributed by atoms with E-state index in [2.05, 4.69) is 10.5 Å². The zero-order valence-corrected chi connectivity index (χ0v) is 15.9. The lowest BCUT2D eigenvalue weighted by atomic mass is 10.0. The van der Waals surface area contributed by atoms with Crippen LogP contribution in [0.25, 0.3) is 11.3 Å². The summed E-state index contributed by atoms with van der Waals surface area (Å²) in [6, 6.07) is 14.2. The van der Waals surface area contributed by atoms with Gasteiger partial charge in [0.25, 0.3) is 5.69 Å². The van der Waals surface area contributed by atoms with Gasteiger partial charge in [-0.15, -0.1) is 0 Å². The average molecular weight is 407 g/mol. The van der Waals surface area contributed by atoms with Gasteiger partial charge < -0.3 is 9.52 Å². The molecule has 0 aliphatic heterocycles. The number of amides is 1. The van der Waals surface area contributed by atoms with E-state index in [-0.39, 0.29) is 23.2 Å². The average Bonchev–Trinajstić information content (AvgIpc) is 3.16. The maximum Gasteiger partial charge on any atom is 0.335 e. The van der Waals surface area contributed by atoms with Crippen molar-refractivity contribution in [2.45, 2.75) is 13.3 Å². The fraction of sp³-hybridized carbons (Fsp3) is 0.0952. The van der Waals surface area contributed by atoms with Crippen LogP contribution >= 0.6 is 0 Å². The lowest BCUT2D eigenvalue weighted by molar-refractivity contribution is -0.385. The molecule has 1 heterocycles. The highest BCUT2D eigenvalue weighted by molar-refractivity contribution is 5.91. The van der Waals surface area contributed by atoms with Gasteiger partial charge in [-0.25, -0.2) is 10.2 Å². The minimum atomic E-state index is -1.02. The van der Waals surface area contributed by atoms with Crippen LogP contribution in [0.3, 0.4) is 0 Å². The van der Waals surface area contributed by atoms with Crippen LogP contribution in [0, 0.1) is 17.0 Å². The number of nitrogens with one attached hydrogen (secondary N) is 1. The SMILES string of the molecule is Cc1c(C(=O)O)cccc1-c1ccc(/C=N/NC(=O)Cc2ccccc2[N+](=O)[O-])o1. The second-order valence-corrected chi connectivity index (χ2v) is 6.34. The first-order valence-electron chi connectivity index (χ1n) is 8.84. The van der Waals surface area contributed by atoms with Crippen LogP contribution in [-0.4, -0.2) is 28.1 Å². The molecule has 0 spiro atoms. The molecule has 0 aliphatic rings. The molecule has 30 heavy (non-hydrogen) atoms. The molecule has 2 N–H and O–H groups in total. The second kappa shape index (κ2) is 8.82. The smallest absolute Gasteiger partial charge is 0.335 e. The number of nitro benzene ring substituents is 1. The number of furan rings is 1. The van der Waals surface area contributed by atoms with Gasteiger partial charge in [0, 0.05) is 17.2 Å². The molecule has 3 aromatic rings. The third-order valence-electron chi connectivity index (χ3n) is 4.38. The van der Waals surface area contributed by atoms with Crippen molar-refractivity contribution < 1.29 is 24.0 Å². The summed E-state index contributed by atoms with van der Waals surface area (Å²) >= 11 is 0. The number of rotatable bonds is 7. The molecule has 0 fully saturated rings. The molecule has 1 aromatic heterocycles. The van der Waals surface area contributed by atoms with Crippen molar-refractivity contribution in [3.63, 3.8) is 0 Å². The summed E-state index contributed by atoms with van der Waals surface area (Å²) in [4.78, 5) is 33.8. The molecule has 9 heteroatoms. The number of benzene rings is 2. The lowest BCUT2D eigenvalue weighted by Crippen LogP contribution is -2.20. The Morgan fingerprint density at radius 3 is 2.67 bits per heavy atom. The van der Waals surface area contributed by atoms with Gasteiger partial charge in [0.1, 0.15) is 11.5 Å². The van der Waals surface area contributed by atoms with Crippen LogP contribution in [-0.2, 0) is 11.2 Å². The van der Waals surface area contributed by atoms with Crippen molar-refractivity contribution in [3.05, 3.63) is 87.2 Å². The quantitative estimate of drug-likeness (QED) is 0.349. The lowest BCUT2D eigenvalue weighted by Gasteiger charge is -2.05. The van der Waals surface area contributed by atoms with Crippen molar-refractivity contribution in [2.24, 2.45) is 5.10 Å². The number of hydrazone groups is 1. The van der Waals surface area contributed by atoms with E-state index in [0.717, 1.165) is 0 Å². The molecule has 0 bridgehead atoms. The summed E-state index contributed by atoms with van der Waals surface area (Å²) in [7, 11) is 0. The van der Waals surface area contributed by atoms with E-state index < -0.39 is 16.8 Å². The molecule has 2 aromatic carbocycles. The Hall–Kier alpha value is -4.27. The maximum absolute atomic E-state index is 12.0. The number of nitro groups is 1. The standard InChI is InChI=1S/C21H17N3O6/c1-13-16(6-4-7-17(13)21(26)27)19-10-9-15(30-19)12-22-23-20(25)11-14-5-2-3-8-18(14)24(28)29/h2-10,12H,11H2,1H3,(H,23,25)(H,26,27)/b22-12+. The first-order valence-corrected chi connectivity index (χ1v) is 8.84. The highest BCUT2D eigenvalue weighted by Crippen LogP contribution is 2.27. The molecule has 0 saturated carbocycles. The second-order valence-electron chi connectivity index (χ2n) is 6.34. The molecular weight excluding hydrogens is 390 g/mol. The highest BCUT2D eigenvalue weighted by atomic mass is 16.6. The number of aromatic carboxylic acids is 1. The fourth-order valence-electron chi connectivity index (χ4n) is 2.92. The molecule has 0 atom stereocenters. The van der Waals surface area contributed by atoms with Gasteiger partial charge in [-0.1, -0.05) is 30.3 Å². The van der Waals surface area contributed by atoms with Crippen LogP contribution in [0.15, 0.2) is 64.1 Å². The summed E-state index contributed by atoms with van der Waals surface area (Å²) < 4.78 is 5.65. The van der Waals surface area contributed by atoms with E-state index in [1.807, 2.05) is 0 Å². The van der Waals surface area contributed by atoms with E-state index in [9.17, 15) is 24.8 Å². The fourth-order valence-corrected chi connectivity index (χ4v) is 2.92. The molecule has 0 aliphatic carbocycles. The zero-order chi connectivity index (χ0) is 21.7. The normalized spacial score (nSPS) is 10.8. The van der Waals surface area contributed by atoms with E-state index in [4.69, 9.17) is 4.42 Å². The molecule has 3 rings (SSSR count). The van der Waals surface area contributed by atoms with E-state index in [0.29, 0.717) is 22.6 Å². The Labute approximate surface area is 170 Å². The predicted octanol–water partition coefficient (Wildman–Crippen LogP) is 3.55. The van der Waals surface area contributed by atoms with E-state index in [1.54, 1.807) is 37.3 Å².